The third-order valence-electron chi connectivity index (χ3n) is 4.79. The number of likely N-dealkylation sites (tertiary alicyclic amines) is 1. The number of benzene rings is 1. The van der Waals surface area contributed by atoms with Gasteiger partial charge in [-0.05, 0) is 39.3 Å². The molecule has 132 valence electrons. The maximum Gasteiger partial charge on any atom is 0.236 e. The minimum absolute atomic E-state index is 0.0144. The first-order chi connectivity index (χ1) is 11.5. The van der Waals surface area contributed by atoms with Crippen LogP contribution in [-0.4, -0.2) is 54.3 Å². The molecule has 1 fully saturated rings. The minimum Gasteiger partial charge on any atom is -0.352 e. The summed E-state index contributed by atoms with van der Waals surface area (Å²) >= 11 is 0. The highest BCUT2D eigenvalue weighted by atomic mass is 16.2. The van der Waals surface area contributed by atoms with E-state index < -0.39 is 0 Å². The van der Waals surface area contributed by atoms with Gasteiger partial charge in [0.25, 0.3) is 0 Å². The number of hydrogen-bond donors (Lipinski definition) is 1. The molecule has 2 rings (SSSR count). The number of piperidine rings is 1. The largest absolute Gasteiger partial charge is 0.352 e. The van der Waals surface area contributed by atoms with Gasteiger partial charge in [-0.2, -0.15) is 0 Å². The van der Waals surface area contributed by atoms with E-state index in [1.165, 1.54) is 0 Å². The lowest BCUT2D eigenvalue weighted by Crippen LogP contribution is -2.46. The summed E-state index contributed by atoms with van der Waals surface area (Å²) in [4.78, 5) is 28.5. The predicted molar refractivity (Wildman–Crippen MR) is 95.4 cm³/mol. The van der Waals surface area contributed by atoms with Gasteiger partial charge >= 0.3 is 0 Å². The van der Waals surface area contributed by atoms with Crippen LogP contribution in [0, 0.1) is 5.92 Å². The second kappa shape index (κ2) is 8.83. The molecule has 24 heavy (non-hydrogen) atoms. The van der Waals surface area contributed by atoms with E-state index in [4.69, 9.17) is 0 Å². The number of carbonyl (C=O) groups excluding carboxylic acids is 2. The lowest BCUT2D eigenvalue weighted by Gasteiger charge is -2.33. The molecule has 0 saturated carbocycles. The van der Waals surface area contributed by atoms with Gasteiger partial charge < -0.3 is 10.2 Å². The molecule has 0 radical (unpaired) electrons. The lowest BCUT2D eigenvalue weighted by atomic mass is 9.95. The van der Waals surface area contributed by atoms with Crippen LogP contribution in [0.2, 0.25) is 0 Å². The first kappa shape index (κ1) is 18.5. The van der Waals surface area contributed by atoms with E-state index in [9.17, 15) is 9.59 Å². The topological polar surface area (TPSA) is 52.7 Å². The van der Waals surface area contributed by atoms with Crippen molar-refractivity contribution in [3.63, 3.8) is 0 Å². The van der Waals surface area contributed by atoms with Crippen LogP contribution in [0.3, 0.4) is 0 Å². The lowest BCUT2D eigenvalue weighted by molar-refractivity contribution is -0.136. The number of amides is 2. The zero-order chi connectivity index (χ0) is 17.5. The zero-order valence-corrected chi connectivity index (χ0v) is 15.0. The van der Waals surface area contributed by atoms with Crippen molar-refractivity contribution < 1.29 is 9.59 Å². The molecule has 0 atom stereocenters. The molecule has 0 aliphatic carbocycles. The van der Waals surface area contributed by atoms with Crippen LogP contribution in [0.25, 0.3) is 0 Å². The molecule has 1 aliphatic rings. The van der Waals surface area contributed by atoms with Crippen LogP contribution in [0.5, 0.6) is 0 Å². The van der Waals surface area contributed by atoms with Crippen molar-refractivity contribution in [2.75, 3.05) is 26.7 Å². The van der Waals surface area contributed by atoms with Crippen LogP contribution in [0.4, 0.5) is 0 Å². The molecule has 0 unspecified atom stereocenters. The predicted octanol–water partition coefficient (Wildman–Crippen LogP) is 1.88. The van der Waals surface area contributed by atoms with E-state index in [2.05, 4.69) is 19.2 Å². The second-order valence-corrected chi connectivity index (χ2v) is 6.87. The molecule has 5 heteroatoms. The van der Waals surface area contributed by atoms with Crippen molar-refractivity contribution in [3.8, 4) is 0 Å². The number of nitrogens with one attached hydrogen (secondary N) is 1. The Morgan fingerprint density at radius 3 is 2.42 bits per heavy atom. The minimum atomic E-state index is 0.0144. The summed E-state index contributed by atoms with van der Waals surface area (Å²) in [5, 5.41) is 3.01. The van der Waals surface area contributed by atoms with E-state index in [1.54, 1.807) is 0 Å². The molecule has 1 aliphatic heterocycles. The Bertz CT molecular complexity index is 537. The van der Waals surface area contributed by atoms with Gasteiger partial charge in [-0.25, -0.2) is 0 Å². The zero-order valence-electron chi connectivity index (χ0n) is 15.0. The smallest absolute Gasteiger partial charge is 0.236 e. The van der Waals surface area contributed by atoms with Crippen LogP contribution in [0.1, 0.15) is 32.3 Å². The van der Waals surface area contributed by atoms with Gasteiger partial charge in [0.05, 0.1) is 6.54 Å². The number of hydrogen-bond acceptors (Lipinski definition) is 3. The van der Waals surface area contributed by atoms with E-state index in [0.717, 1.165) is 18.4 Å². The standard InChI is InChI=1S/C19H29N3O2/c1-15(2)21(3)14-18(23)22-11-9-17(10-12-22)19(24)20-13-16-7-5-4-6-8-16/h4-8,15,17H,9-14H2,1-3H3,(H,20,24). The van der Waals surface area contributed by atoms with Crippen molar-refractivity contribution in [2.24, 2.45) is 5.92 Å². The molecule has 1 saturated heterocycles. The fraction of sp³-hybridized carbons (Fsp3) is 0.579. The van der Waals surface area contributed by atoms with Gasteiger partial charge in [0.1, 0.15) is 0 Å². The molecule has 0 bridgehead atoms. The van der Waals surface area contributed by atoms with Crippen LogP contribution >= 0.6 is 0 Å². The van der Waals surface area contributed by atoms with Gasteiger partial charge in [-0.15, -0.1) is 0 Å². The number of nitrogens with zero attached hydrogens (tertiary/aromatic N) is 2. The molecular formula is C19H29N3O2. The Hall–Kier alpha value is -1.88. The molecule has 0 aromatic heterocycles. The Kier molecular flexibility index (Phi) is 6.79. The molecular weight excluding hydrogens is 302 g/mol. The first-order valence-corrected chi connectivity index (χ1v) is 8.77. The number of carbonyl (C=O) groups is 2. The number of likely N-dealkylation sites (N-methyl/N-ethyl adjacent to an activating group) is 1. The monoisotopic (exact) mass is 331 g/mol. The van der Waals surface area contributed by atoms with E-state index in [1.807, 2.05) is 47.2 Å². The molecule has 5 nitrogen and oxygen atoms in total. The molecule has 1 aromatic carbocycles. The fourth-order valence-corrected chi connectivity index (χ4v) is 2.82. The van der Waals surface area contributed by atoms with E-state index in [-0.39, 0.29) is 17.7 Å². The highest BCUT2D eigenvalue weighted by Crippen LogP contribution is 2.18. The third-order valence-corrected chi connectivity index (χ3v) is 4.79. The van der Waals surface area contributed by atoms with Crippen LogP contribution < -0.4 is 5.32 Å². The van der Waals surface area contributed by atoms with Gasteiger partial charge in [0.15, 0.2) is 0 Å². The second-order valence-electron chi connectivity index (χ2n) is 6.87. The summed E-state index contributed by atoms with van der Waals surface area (Å²) in [5.41, 5.74) is 1.11. The van der Waals surface area contributed by atoms with Crippen molar-refractivity contribution >= 4 is 11.8 Å². The first-order valence-electron chi connectivity index (χ1n) is 8.77. The van der Waals surface area contributed by atoms with Crippen molar-refractivity contribution in [1.82, 2.24) is 15.1 Å². The average molecular weight is 331 g/mol. The number of rotatable bonds is 6. The van der Waals surface area contributed by atoms with Gasteiger partial charge in [-0.1, -0.05) is 30.3 Å². The van der Waals surface area contributed by atoms with Crippen LogP contribution in [-0.2, 0) is 16.1 Å². The molecule has 2 amide bonds. The molecule has 1 N–H and O–H groups in total. The normalized spacial score (nSPS) is 15.8. The van der Waals surface area contributed by atoms with Crippen LogP contribution in [0.15, 0.2) is 30.3 Å². The SMILES string of the molecule is CC(C)N(C)CC(=O)N1CCC(C(=O)NCc2ccccc2)CC1. The molecule has 1 aromatic rings. The summed E-state index contributed by atoms with van der Waals surface area (Å²) in [7, 11) is 1.96. The summed E-state index contributed by atoms with van der Waals surface area (Å²) in [6.07, 6.45) is 1.50. The van der Waals surface area contributed by atoms with Crippen molar-refractivity contribution in [2.45, 2.75) is 39.3 Å². The summed E-state index contributed by atoms with van der Waals surface area (Å²) < 4.78 is 0. The Balaban J connectivity index is 1.73. The molecule has 0 spiro atoms. The summed E-state index contributed by atoms with van der Waals surface area (Å²) in [5.74, 6) is 0.278. The van der Waals surface area contributed by atoms with Crippen molar-refractivity contribution in [3.05, 3.63) is 35.9 Å². The Morgan fingerprint density at radius 1 is 1.21 bits per heavy atom. The quantitative estimate of drug-likeness (QED) is 0.866. The van der Waals surface area contributed by atoms with Crippen molar-refractivity contribution in [1.29, 1.82) is 0 Å². The van der Waals surface area contributed by atoms with Gasteiger partial charge in [-0.3, -0.25) is 14.5 Å². The molecule has 1 heterocycles. The highest BCUT2D eigenvalue weighted by Gasteiger charge is 2.27. The summed E-state index contributed by atoms with van der Waals surface area (Å²) in [6, 6.07) is 10.3. The fourth-order valence-electron chi connectivity index (χ4n) is 2.82. The van der Waals surface area contributed by atoms with Gasteiger partial charge in [0.2, 0.25) is 11.8 Å². The highest BCUT2D eigenvalue weighted by molar-refractivity contribution is 5.80. The van der Waals surface area contributed by atoms with E-state index >= 15 is 0 Å². The average Bonchev–Trinajstić information content (AvgIpc) is 2.60. The van der Waals surface area contributed by atoms with E-state index in [0.29, 0.717) is 32.2 Å². The summed E-state index contributed by atoms with van der Waals surface area (Å²) in [6.45, 7) is 6.52. The maximum absolute atomic E-state index is 12.3. The maximum atomic E-state index is 12.3. The Morgan fingerprint density at radius 2 is 1.83 bits per heavy atom. The van der Waals surface area contributed by atoms with Gasteiger partial charge in [0, 0.05) is 31.6 Å². The third kappa shape index (κ3) is 5.34. The Labute approximate surface area is 145 Å².